The topological polar surface area (TPSA) is 329 Å². The molecule has 0 aliphatic heterocycles. The van der Waals surface area contributed by atoms with Crippen LogP contribution in [0.3, 0.4) is 0 Å². The molecular weight excluding hydrogens is 1810 g/mol. The highest BCUT2D eigenvalue weighted by atomic mass is 32.2. The molecule has 0 saturated heterocycles. The molecule has 6 unspecified atom stereocenters. The Bertz CT molecular complexity index is 3150. The Hall–Kier alpha value is -7.54. The van der Waals surface area contributed by atoms with Crippen molar-refractivity contribution in [1.82, 2.24) is 19.6 Å². The largest absolute Gasteiger partial charge is 0.462 e. The molecule has 34 heteroatoms. The number of allylic oxidation sites excluding steroid dienone is 16. The Morgan fingerprint density at radius 3 is 0.515 bits per heavy atom. The SMILES string of the molecule is C=CC/C=C\CSC(C)C(=O)OCCOC(=O)CCN(CCC(=O)OCCOC(=O)C(C)SC/C=C\C/C=C\CC)CCN(CCN(CCC(=O)OCCOC(=O)C(C)SC/C=C\CC=C)CCC(=O)OCCOC(=O)C(C)SC/C=C\C/C=C\CC)CCN(CCC(=O)OCCOC(=O)C(C)SC/C=C\C/C=C\CC)CCC(=O)OCCOC(=O)C(C)SC/C=C\C/C=C\CC. The minimum atomic E-state index is -0.617. The van der Waals surface area contributed by atoms with Crippen LogP contribution in [-0.2, 0) is 114 Å². The zero-order valence-corrected chi connectivity index (χ0v) is 85.0. The molecule has 0 spiro atoms. The number of esters is 12. The summed E-state index contributed by atoms with van der Waals surface area (Å²) in [5.41, 5.74) is 0. The van der Waals surface area contributed by atoms with E-state index < -0.39 is 103 Å². The quantitative estimate of drug-likeness (QED) is 0.0236. The third-order valence-corrected chi connectivity index (χ3v) is 24.9. The van der Waals surface area contributed by atoms with E-state index in [1.54, 1.807) is 53.7 Å². The van der Waals surface area contributed by atoms with Crippen molar-refractivity contribution in [1.29, 1.82) is 0 Å². The second-order valence-electron chi connectivity index (χ2n) is 29.4. The minimum absolute atomic E-state index is 0.0626. The van der Waals surface area contributed by atoms with Crippen LogP contribution < -0.4 is 0 Å². The van der Waals surface area contributed by atoms with Crippen LogP contribution in [0.15, 0.2) is 147 Å². The van der Waals surface area contributed by atoms with Crippen LogP contribution in [0.5, 0.6) is 0 Å². The number of ether oxygens (including phenoxy) is 12. The van der Waals surface area contributed by atoms with E-state index in [0.717, 1.165) is 51.4 Å². The first-order chi connectivity index (χ1) is 63.8. The summed E-state index contributed by atoms with van der Waals surface area (Å²) in [7, 11) is 0. The minimum Gasteiger partial charge on any atom is -0.462 e. The van der Waals surface area contributed by atoms with E-state index in [4.69, 9.17) is 56.8 Å². The molecule has 0 rings (SSSR count). The van der Waals surface area contributed by atoms with Crippen molar-refractivity contribution in [2.24, 2.45) is 0 Å². The smallest absolute Gasteiger partial charge is 0.318 e. The van der Waals surface area contributed by atoms with E-state index in [-0.39, 0.29) is 196 Å². The Morgan fingerprint density at radius 1 is 0.212 bits per heavy atom. The lowest BCUT2D eigenvalue weighted by atomic mass is 10.2. The van der Waals surface area contributed by atoms with Crippen molar-refractivity contribution in [3.05, 3.63) is 147 Å². The highest BCUT2D eigenvalue weighted by Crippen LogP contribution is 2.19. The number of nitrogens with zero attached hydrogens (tertiary/aromatic N) is 4. The fraction of sp³-hybridized carbons (Fsp3) is 0.633. The van der Waals surface area contributed by atoms with E-state index >= 15 is 0 Å². The van der Waals surface area contributed by atoms with E-state index in [1.807, 2.05) is 87.6 Å². The summed E-state index contributed by atoms with van der Waals surface area (Å²) in [5.74, 6) is -2.92. The van der Waals surface area contributed by atoms with E-state index in [9.17, 15) is 57.5 Å². The van der Waals surface area contributed by atoms with Crippen molar-refractivity contribution in [2.75, 3.05) is 192 Å². The second-order valence-corrected chi connectivity index (χ2v) is 37.6. The molecule has 0 fully saturated rings. The van der Waals surface area contributed by atoms with Gasteiger partial charge >= 0.3 is 71.6 Å². The number of thioether (sulfide) groups is 6. The molecule has 6 atom stereocenters. The van der Waals surface area contributed by atoms with Crippen LogP contribution in [0.2, 0.25) is 0 Å². The van der Waals surface area contributed by atoms with Gasteiger partial charge in [-0.2, -0.15) is 0 Å². The van der Waals surface area contributed by atoms with Crippen molar-refractivity contribution in [3.63, 3.8) is 0 Å². The molecule has 0 aromatic rings. The highest BCUT2D eigenvalue weighted by molar-refractivity contribution is 8.01. The Balaban J connectivity index is 7.61. The van der Waals surface area contributed by atoms with Crippen molar-refractivity contribution >= 4 is 142 Å². The monoisotopic (exact) mass is 1960 g/mol. The number of carbonyl (C=O) groups is 12. The van der Waals surface area contributed by atoms with E-state index in [2.05, 4.69) is 94.4 Å². The number of hydrogen-bond acceptors (Lipinski definition) is 34. The Kier molecular flexibility index (Phi) is 83.7. The maximum absolute atomic E-state index is 13.6. The van der Waals surface area contributed by atoms with Gasteiger partial charge in [-0.3, -0.25) is 62.4 Å². The summed E-state index contributed by atoms with van der Waals surface area (Å²) in [6, 6.07) is 0. The molecule has 746 valence electrons. The summed E-state index contributed by atoms with van der Waals surface area (Å²) in [4.78, 5) is 167. The Labute approximate surface area is 813 Å². The summed E-state index contributed by atoms with van der Waals surface area (Å²) in [6.45, 7) is 25.3. The summed E-state index contributed by atoms with van der Waals surface area (Å²) in [6.07, 6.45) is 51.3. The predicted octanol–water partition coefficient (Wildman–Crippen LogP) is 15.7. The summed E-state index contributed by atoms with van der Waals surface area (Å²) < 4.78 is 66.1. The van der Waals surface area contributed by atoms with Gasteiger partial charge in [0.15, 0.2) is 0 Å². The Morgan fingerprint density at radius 2 is 0.356 bits per heavy atom. The van der Waals surface area contributed by atoms with Gasteiger partial charge < -0.3 is 71.5 Å². The third-order valence-electron chi connectivity index (χ3n) is 18.5. The molecule has 0 saturated carbocycles. The lowest BCUT2D eigenvalue weighted by Gasteiger charge is -2.32. The van der Waals surface area contributed by atoms with Crippen LogP contribution in [0, 0.1) is 0 Å². The van der Waals surface area contributed by atoms with Crippen molar-refractivity contribution in [2.45, 2.75) is 203 Å². The molecule has 0 aromatic carbocycles. The standard InChI is InChI=1S/C98H154N4O24S6/c1-13-19-25-31-35-41-77-129-83(9)95(111)123-71-65-117-89(105)47-53-99(51-45-87(103)115-63-69-121-93(109)81(7)127-75-39-29-23-17-5)57-60-102(61-58-100(52-46-88(104)116-64-70-122-94(110)82(8)128-76-40-30-24-18-6)54-48-90(106)118-66-72-124-96(112)84(10)130-78-42-36-32-26-20-14-2)62-59-101(55-49-91(107)119-67-73-125-97(113)85(11)131-79-43-37-33-27-21-15-3)56-50-92(108)120-68-74-126-98(114)86(12)132-80-44-38-34-28-22-16-4/h17-22,25-30,35-44,81-86H,5-6,13-16,23-24,31-34,45-80H2,1-4,7-12H3/b25-19-,26-20-,27-21-,28-22-,39-29-,40-30-,41-35-,42-36-,43-37-,44-38-. The fourth-order valence-corrected chi connectivity index (χ4v) is 15.2. The molecule has 0 N–H and O–H groups in total. The molecule has 0 amide bonds. The number of rotatable bonds is 85. The molecular formula is C98H154N4O24S6. The van der Waals surface area contributed by atoms with Gasteiger partial charge in [-0.25, -0.2) is 0 Å². The van der Waals surface area contributed by atoms with Crippen LogP contribution in [-0.4, -0.2) is 315 Å². The van der Waals surface area contributed by atoms with Crippen molar-refractivity contribution < 1.29 is 114 Å². The molecule has 0 bridgehead atoms. The van der Waals surface area contributed by atoms with E-state index in [0.29, 0.717) is 47.4 Å². The first-order valence-corrected chi connectivity index (χ1v) is 52.4. The average molecular weight is 1960 g/mol. The summed E-state index contributed by atoms with van der Waals surface area (Å²) in [5, 5.41) is -2.91. The molecule has 0 aliphatic rings. The maximum Gasteiger partial charge on any atom is 0.318 e. The van der Waals surface area contributed by atoms with Gasteiger partial charge in [-0.15, -0.1) is 83.7 Å². The maximum atomic E-state index is 13.6. The van der Waals surface area contributed by atoms with Gasteiger partial charge in [-0.05, 0) is 106 Å². The highest BCUT2D eigenvalue weighted by Gasteiger charge is 2.25. The van der Waals surface area contributed by atoms with Gasteiger partial charge in [-0.1, -0.05) is 161 Å². The second kappa shape index (κ2) is 88.7. The van der Waals surface area contributed by atoms with Crippen LogP contribution >= 0.6 is 70.6 Å². The van der Waals surface area contributed by atoms with Crippen molar-refractivity contribution in [3.8, 4) is 0 Å². The van der Waals surface area contributed by atoms with Gasteiger partial charge in [0, 0.05) is 113 Å². The lowest BCUT2D eigenvalue weighted by Crippen LogP contribution is -2.45. The molecule has 0 aliphatic carbocycles. The van der Waals surface area contributed by atoms with E-state index in [1.165, 1.54) is 70.6 Å². The molecule has 0 heterocycles. The molecule has 132 heavy (non-hydrogen) atoms. The van der Waals surface area contributed by atoms with Gasteiger partial charge in [0.2, 0.25) is 0 Å². The van der Waals surface area contributed by atoms with Crippen LogP contribution in [0.4, 0.5) is 0 Å². The average Bonchev–Trinajstić information content (AvgIpc) is 0.912. The first kappa shape index (κ1) is 124. The van der Waals surface area contributed by atoms with Gasteiger partial charge in [0.05, 0.1) is 70.0 Å². The zero-order chi connectivity index (χ0) is 97.5. The summed E-state index contributed by atoms with van der Waals surface area (Å²) >= 11 is 8.41. The van der Waals surface area contributed by atoms with Crippen LogP contribution in [0.1, 0.15) is 172 Å². The zero-order valence-electron chi connectivity index (χ0n) is 80.1. The van der Waals surface area contributed by atoms with Crippen LogP contribution in [0.25, 0.3) is 0 Å². The number of carbonyl (C=O) groups excluding carboxylic acids is 12. The fourth-order valence-electron chi connectivity index (χ4n) is 10.8. The normalized spacial score (nSPS) is 13.3. The molecule has 0 aromatic heterocycles. The lowest BCUT2D eigenvalue weighted by molar-refractivity contribution is -0.152. The molecule has 0 radical (unpaired) electrons. The molecule has 28 nitrogen and oxygen atoms in total. The van der Waals surface area contributed by atoms with Gasteiger partial charge in [0.1, 0.15) is 79.3 Å². The number of hydrogen-bond donors (Lipinski definition) is 0. The third kappa shape index (κ3) is 76.7. The predicted molar refractivity (Wildman–Crippen MR) is 537 cm³/mol. The first-order valence-electron chi connectivity index (χ1n) is 46.1. The van der Waals surface area contributed by atoms with Gasteiger partial charge in [0.25, 0.3) is 0 Å².